The third kappa shape index (κ3) is 4.82. The van der Waals surface area contributed by atoms with Crippen molar-refractivity contribution in [3.8, 4) is 0 Å². The van der Waals surface area contributed by atoms with Crippen molar-refractivity contribution in [3.05, 3.63) is 59.7 Å². The van der Waals surface area contributed by atoms with E-state index in [4.69, 9.17) is 4.74 Å². The fourth-order valence-corrected chi connectivity index (χ4v) is 4.31. The van der Waals surface area contributed by atoms with Crippen LogP contribution in [-0.2, 0) is 22.5 Å². The molecule has 2 aromatic carbocycles. The number of carbonyl (C=O) groups is 2. The molecule has 2 aromatic rings. The van der Waals surface area contributed by atoms with Crippen LogP contribution < -0.4 is 10.6 Å². The molecule has 2 N–H and O–H groups in total. The highest BCUT2D eigenvalue weighted by Crippen LogP contribution is 2.27. The van der Waals surface area contributed by atoms with Crippen LogP contribution in [0.3, 0.4) is 0 Å². The molecule has 6 heteroatoms. The molecule has 0 unspecified atom stereocenters. The molecule has 2 aliphatic rings. The van der Waals surface area contributed by atoms with Gasteiger partial charge in [-0.1, -0.05) is 24.3 Å². The first-order valence-corrected chi connectivity index (χ1v) is 10.7. The summed E-state index contributed by atoms with van der Waals surface area (Å²) in [5.74, 6) is 0.103. The summed E-state index contributed by atoms with van der Waals surface area (Å²) in [6.07, 6.45) is 4.74. The minimum atomic E-state index is -0.101. The van der Waals surface area contributed by atoms with Crippen molar-refractivity contribution in [2.45, 2.75) is 44.8 Å². The van der Waals surface area contributed by atoms with Crippen LogP contribution in [0.5, 0.6) is 0 Å². The number of fused-ring (bicyclic) bond motifs is 1. The topological polar surface area (TPSA) is 70.7 Å². The number of rotatable bonds is 4. The molecule has 4 rings (SSSR count). The van der Waals surface area contributed by atoms with Crippen molar-refractivity contribution in [2.24, 2.45) is 5.92 Å². The molecular weight excluding hydrogens is 378 g/mol. The maximum Gasteiger partial charge on any atom is 0.322 e. The van der Waals surface area contributed by atoms with Gasteiger partial charge in [-0.2, -0.15) is 0 Å². The third-order valence-corrected chi connectivity index (χ3v) is 6.20. The molecule has 1 fully saturated rings. The predicted octanol–water partition coefficient (Wildman–Crippen LogP) is 4.42. The summed E-state index contributed by atoms with van der Waals surface area (Å²) in [7, 11) is 1.73. The van der Waals surface area contributed by atoms with E-state index in [2.05, 4.69) is 22.8 Å². The fourth-order valence-electron chi connectivity index (χ4n) is 4.31. The van der Waals surface area contributed by atoms with Gasteiger partial charge in [0.15, 0.2) is 0 Å². The third-order valence-electron chi connectivity index (χ3n) is 6.20. The highest BCUT2D eigenvalue weighted by atomic mass is 16.5. The molecule has 6 nitrogen and oxygen atoms in total. The Labute approximate surface area is 177 Å². The van der Waals surface area contributed by atoms with E-state index in [9.17, 15) is 9.59 Å². The average molecular weight is 408 g/mol. The molecule has 1 saturated carbocycles. The predicted molar refractivity (Wildman–Crippen MR) is 117 cm³/mol. The highest BCUT2D eigenvalue weighted by Gasteiger charge is 2.26. The summed E-state index contributed by atoms with van der Waals surface area (Å²) in [5.41, 5.74) is 3.99. The molecule has 3 amide bonds. The Hall–Kier alpha value is -2.86. The van der Waals surface area contributed by atoms with Crippen molar-refractivity contribution < 1.29 is 14.3 Å². The molecule has 0 radical (unpaired) electrons. The Morgan fingerprint density at radius 1 is 0.900 bits per heavy atom. The minimum Gasteiger partial charge on any atom is -0.381 e. The summed E-state index contributed by atoms with van der Waals surface area (Å²) in [5, 5.41) is 5.95. The van der Waals surface area contributed by atoms with Gasteiger partial charge in [-0.15, -0.1) is 0 Å². The number of ether oxygens (including phenoxy) is 1. The van der Waals surface area contributed by atoms with Gasteiger partial charge in [0, 0.05) is 37.5 Å². The quantitative estimate of drug-likeness (QED) is 0.788. The van der Waals surface area contributed by atoms with Crippen LogP contribution in [-0.4, -0.2) is 36.6 Å². The maximum atomic E-state index is 12.6. The second-order valence-corrected chi connectivity index (χ2v) is 8.15. The SMILES string of the molecule is COC1CCC(C(=O)Nc2ccc(NC(=O)N3CCc4ccccc4C3)cc2)CC1. The summed E-state index contributed by atoms with van der Waals surface area (Å²) < 4.78 is 5.37. The first-order chi connectivity index (χ1) is 14.6. The van der Waals surface area contributed by atoms with Crippen molar-refractivity contribution >= 4 is 23.3 Å². The van der Waals surface area contributed by atoms with Crippen molar-refractivity contribution in [3.63, 3.8) is 0 Å². The van der Waals surface area contributed by atoms with E-state index >= 15 is 0 Å². The normalized spacial score (nSPS) is 20.9. The van der Waals surface area contributed by atoms with E-state index in [0.717, 1.165) is 43.5 Å². The zero-order valence-corrected chi connectivity index (χ0v) is 17.4. The Balaban J connectivity index is 1.28. The molecule has 0 bridgehead atoms. The lowest BCUT2D eigenvalue weighted by molar-refractivity contribution is -0.121. The van der Waals surface area contributed by atoms with Crippen molar-refractivity contribution in [1.82, 2.24) is 4.90 Å². The lowest BCUT2D eigenvalue weighted by Gasteiger charge is -2.29. The van der Waals surface area contributed by atoms with Gasteiger partial charge in [0.05, 0.1) is 6.10 Å². The zero-order valence-electron chi connectivity index (χ0n) is 17.4. The van der Waals surface area contributed by atoms with Gasteiger partial charge in [0.1, 0.15) is 0 Å². The average Bonchev–Trinajstić information content (AvgIpc) is 2.80. The van der Waals surface area contributed by atoms with Crippen LogP contribution in [0.1, 0.15) is 36.8 Å². The van der Waals surface area contributed by atoms with Gasteiger partial charge < -0.3 is 20.3 Å². The monoisotopic (exact) mass is 407 g/mol. The molecule has 1 heterocycles. The number of hydrogen-bond acceptors (Lipinski definition) is 3. The number of methoxy groups -OCH3 is 1. The summed E-state index contributed by atoms with van der Waals surface area (Å²) in [6, 6.07) is 15.5. The van der Waals surface area contributed by atoms with Gasteiger partial charge in [-0.3, -0.25) is 4.79 Å². The molecule has 1 aliphatic carbocycles. The number of amides is 3. The smallest absolute Gasteiger partial charge is 0.322 e. The molecule has 0 aromatic heterocycles. The van der Waals surface area contributed by atoms with E-state index in [1.165, 1.54) is 11.1 Å². The standard InChI is InChI=1S/C24H29N3O3/c1-30-22-12-6-18(7-13-22)23(28)25-20-8-10-21(11-9-20)26-24(29)27-15-14-17-4-2-3-5-19(17)16-27/h2-5,8-11,18,22H,6-7,12-16H2,1H3,(H,25,28)(H,26,29). The maximum absolute atomic E-state index is 12.6. The second-order valence-electron chi connectivity index (χ2n) is 8.15. The lowest BCUT2D eigenvalue weighted by atomic mass is 9.87. The minimum absolute atomic E-state index is 0.0396. The first kappa shape index (κ1) is 20.4. The van der Waals surface area contributed by atoms with Crippen LogP contribution in [0.25, 0.3) is 0 Å². The van der Waals surface area contributed by atoms with Crippen molar-refractivity contribution in [1.29, 1.82) is 0 Å². The fraction of sp³-hybridized carbons (Fsp3) is 0.417. The molecule has 1 aliphatic heterocycles. The van der Waals surface area contributed by atoms with Crippen LogP contribution in [0.4, 0.5) is 16.2 Å². The van der Waals surface area contributed by atoms with E-state index in [1.54, 1.807) is 7.11 Å². The lowest BCUT2D eigenvalue weighted by Crippen LogP contribution is -2.38. The summed E-state index contributed by atoms with van der Waals surface area (Å²) >= 11 is 0. The van der Waals surface area contributed by atoms with Gasteiger partial charge in [-0.05, 0) is 67.5 Å². The van der Waals surface area contributed by atoms with Gasteiger partial charge >= 0.3 is 6.03 Å². The van der Waals surface area contributed by atoms with Crippen molar-refractivity contribution in [2.75, 3.05) is 24.3 Å². The summed E-state index contributed by atoms with van der Waals surface area (Å²) in [4.78, 5) is 27.0. The molecule has 0 spiro atoms. The number of benzene rings is 2. The molecule has 0 saturated heterocycles. The van der Waals surface area contributed by atoms with Crippen LogP contribution in [0.2, 0.25) is 0 Å². The molecule has 30 heavy (non-hydrogen) atoms. The van der Waals surface area contributed by atoms with Gasteiger partial charge in [0.25, 0.3) is 0 Å². The van der Waals surface area contributed by atoms with E-state index in [0.29, 0.717) is 13.1 Å². The van der Waals surface area contributed by atoms with Gasteiger partial charge in [0.2, 0.25) is 5.91 Å². The molecule has 158 valence electrons. The molecular formula is C24H29N3O3. The van der Waals surface area contributed by atoms with Gasteiger partial charge in [-0.25, -0.2) is 4.79 Å². The number of hydrogen-bond donors (Lipinski definition) is 2. The van der Waals surface area contributed by atoms with Crippen LogP contribution in [0, 0.1) is 5.92 Å². The number of carbonyl (C=O) groups excluding carboxylic acids is 2. The number of nitrogens with zero attached hydrogens (tertiary/aromatic N) is 1. The number of nitrogens with one attached hydrogen (secondary N) is 2. The van der Waals surface area contributed by atoms with Crippen LogP contribution >= 0.6 is 0 Å². The molecule has 0 atom stereocenters. The number of anilines is 2. The Morgan fingerprint density at radius 3 is 2.20 bits per heavy atom. The number of urea groups is 1. The summed E-state index contributed by atoms with van der Waals surface area (Å²) in [6.45, 7) is 1.34. The Bertz CT molecular complexity index is 889. The van der Waals surface area contributed by atoms with Crippen LogP contribution in [0.15, 0.2) is 48.5 Å². The Kier molecular flexibility index (Phi) is 6.33. The second kappa shape index (κ2) is 9.30. The largest absolute Gasteiger partial charge is 0.381 e. The van der Waals surface area contributed by atoms with E-state index < -0.39 is 0 Å². The Morgan fingerprint density at radius 2 is 1.53 bits per heavy atom. The zero-order chi connectivity index (χ0) is 20.9. The van der Waals surface area contributed by atoms with E-state index in [1.807, 2.05) is 41.3 Å². The van der Waals surface area contributed by atoms with E-state index in [-0.39, 0.29) is 24.0 Å². The first-order valence-electron chi connectivity index (χ1n) is 10.7. The highest BCUT2D eigenvalue weighted by molar-refractivity contribution is 5.93.